The van der Waals surface area contributed by atoms with E-state index in [-0.39, 0.29) is 5.41 Å². The molecule has 0 amide bonds. The maximum absolute atomic E-state index is 3.55. The SMILES string of the molecule is CC(C)(C)c1ccc2ccc(-c3ccc4cc(Br)ccc4c3)cc2c1. The van der Waals surface area contributed by atoms with E-state index < -0.39 is 0 Å². The lowest BCUT2D eigenvalue weighted by atomic mass is 9.85. The molecule has 0 aliphatic rings. The van der Waals surface area contributed by atoms with E-state index in [0.717, 1.165) is 4.47 Å². The molecule has 4 aromatic rings. The Labute approximate surface area is 157 Å². The Kier molecular flexibility index (Phi) is 3.92. The van der Waals surface area contributed by atoms with Gasteiger partial charge >= 0.3 is 0 Å². The van der Waals surface area contributed by atoms with E-state index in [1.165, 1.54) is 38.2 Å². The molecule has 0 radical (unpaired) electrons. The summed E-state index contributed by atoms with van der Waals surface area (Å²) >= 11 is 3.55. The lowest BCUT2D eigenvalue weighted by molar-refractivity contribution is 0.591. The first kappa shape index (κ1) is 16.4. The second-order valence-corrected chi connectivity index (χ2v) is 8.65. The van der Waals surface area contributed by atoms with Crippen molar-refractivity contribution in [1.29, 1.82) is 0 Å². The fraction of sp³-hybridized carbons (Fsp3) is 0.167. The number of hydrogen-bond donors (Lipinski definition) is 0. The second-order valence-electron chi connectivity index (χ2n) is 7.73. The zero-order valence-electron chi connectivity index (χ0n) is 14.8. The summed E-state index contributed by atoms with van der Waals surface area (Å²) in [5.41, 5.74) is 4.07. The van der Waals surface area contributed by atoms with E-state index in [1.807, 2.05) is 0 Å². The summed E-state index contributed by atoms with van der Waals surface area (Å²) in [6, 6.07) is 26.7. The molecule has 4 rings (SSSR count). The molecule has 0 aliphatic heterocycles. The van der Waals surface area contributed by atoms with Crippen LogP contribution in [0.1, 0.15) is 26.3 Å². The van der Waals surface area contributed by atoms with Crippen LogP contribution in [-0.2, 0) is 5.41 Å². The molecule has 0 nitrogen and oxygen atoms in total. The zero-order chi connectivity index (χ0) is 17.6. The Morgan fingerprint density at radius 2 is 1.12 bits per heavy atom. The third kappa shape index (κ3) is 3.21. The zero-order valence-corrected chi connectivity index (χ0v) is 16.4. The highest BCUT2D eigenvalue weighted by atomic mass is 79.9. The van der Waals surface area contributed by atoms with Crippen molar-refractivity contribution < 1.29 is 0 Å². The summed E-state index contributed by atoms with van der Waals surface area (Å²) in [6.07, 6.45) is 0. The first-order valence-corrected chi connectivity index (χ1v) is 9.43. The standard InChI is InChI=1S/C24H21Br/c1-24(2,3)22-10-8-16-4-5-18(13-21(16)14-22)17-6-7-20-15-23(25)11-9-19(20)12-17/h4-15H,1-3H3. The predicted octanol–water partition coefficient (Wildman–Crippen LogP) is 7.72. The lowest BCUT2D eigenvalue weighted by Gasteiger charge is -2.19. The van der Waals surface area contributed by atoms with Crippen molar-refractivity contribution in [3.05, 3.63) is 82.8 Å². The first-order valence-electron chi connectivity index (χ1n) is 8.64. The minimum atomic E-state index is 0.167. The van der Waals surface area contributed by atoms with Crippen LogP contribution in [0.2, 0.25) is 0 Å². The maximum Gasteiger partial charge on any atom is 0.0181 e. The fourth-order valence-corrected chi connectivity index (χ4v) is 3.67. The number of halogens is 1. The second kappa shape index (κ2) is 6.00. The Morgan fingerprint density at radius 3 is 1.84 bits per heavy atom. The van der Waals surface area contributed by atoms with Crippen molar-refractivity contribution in [3.63, 3.8) is 0 Å². The number of fused-ring (bicyclic) bond motifs is 2. The average molecular weight is 389 g/mol. The van der Waals surface area contributed by atoms with Gasteiger partial charge in [0.1, 0.15) is 0 Å². The summed E-state index contributed by atoms with van der Waals surface area (Å²) in [5, 5.41) is 5.13. The van der Waals surface area contributed by atoms with Crippen LogP contribution in [0.3, 0.4) is 0 Å². The molecule has 4 aromatic carbocycles. The fourth-order valence-electron chi connectivity index (χ4n) is 3.29. The van der Waals surface area contributed by atoms with Gasteiger partial charge in [-0.3, -0.25) is 0 Å². The van der Waals surface area contributed by atoms with E-state index in [1.54, 1.807) is 0 Å². The Hall–Kier alpha value is -2.12. The van der Waals surface area contributed by atoms with Crippen LogP contribution >= 0.6 is 15.9 Å². The van der Waals surface area contributed by atoms with Gasteiger partial charge in [-0.05, 0) is 67.9 Å². The van der Waals surface area contributed by atoms with Crippen molar-refractivity contribution in [2.75, 3.05) is 0 Å². The summed E-state index contributed by atoms with van der Waals surface area (Å²) in [6.45, 7) is 6.79. The third-order valence-corrected chi connectivity index (χ3v) is 5.34. The molecule has 0 bridgehead atoms. The summed E-state index contributed by atoms with van der Waals surface area (Å²) in [5.74, 6) is 0. The molecular formula is C24H21Br. The highest BCUT2D eigenvalue weighted by Gasteiger charge is 2.13. The lowest BCUT2D eigenvalue weighted by Crippen LogP contribution is -2.10. The van der Waals surface area contributed by atoms with Gasteiger partial charge in [0, 0.05) is 4.47 Å². The molecule has 0 heterocycles. The van der Waals surface area contributed by atoms with Crippen molar-refractivity contribution in [3.8, 4) is 11.1 Å². The Morgan fingerprint density at radius 1 is 0.560 bits per heavy atom. The molecule has 0 aromatic heterocycles. The van der Waals surface area contributed by atoms with Gasteiger partial charge in [-0.2, -0.15) is 0 Å². The quantitative estimate of drug-likeness (QED) is 0.313. The molecular weight excluding hydrogens is 368 g/mol. The van der Waals surface area contributed by atoms with Gasteiger partial charge < -0.3 is 0 Å². The molecule has 25 heavy (non-hydrogen) atoms. The maximum atomic E-state index is 3.55. The van der Waals surface area contributed by atoms with Gasteiger partial charge in [0.05, 0.1) is 0 Å². The largest absolute Gasteiger partial charge is 0.0579 e. The number of rotatable bonds is 1. The van der Waals surface area contributed by atoms with Crippen LogP contribution in [0.15, 0.2) is 77.3 Å². The van der Waals surface area contributed by atoms with Crippen LogP contribution in [0.4, 0.5) is 0 Å². The number of benzene rings is 4. The van der Waals surface area contributed by atoms with Crippen LogP contribution < -0.4 is 0 Å². The molecule has 1 heteroatoms. The molecule has 0 atom stereocenters. The normalized spacial score (nSPS) is 12.0. The molecule has 0 fully saturated rings. The van der Waals surface area contributed by atoms with Gasteiger partial charge in [0.25, 0.3) is 0 Å². The smallest absolute Gasteiger partial charge is 0.0181 e. The van der Waals surface area contributed by atoms with Gasteiger partial charge in [-0.25, -0.2) is 0 Å². The van der Waals surface area contributed by atoms with Crippen LogP contribution in [-0.4, -0.2) is 0 Å². The summed E-state index contributed by atoms with van der Waals surface area (Å²) in [7, 11) is 0. The van der Waals surface area contributed by atoms with Crippen molar-refractivity contribution in [2.24, 2.45) is 0 Å². The Bertz CT molecular complexity index is 1080. The van der Waals surface area contributed by atoms with Gasteiger partial charge in [-0.1, -0.05) is 85.2 Å². The molecule has 0 spiro atoms. The number of hydrogen-bond acceptors (Lipinski definition) is 0. The molecule has 0 saturated carbocycles. The first-order chi connectivity index (χ1) is 11.9. The van der Waals surface area contributed by atoms with E-state index >= 15 is 0 Å². The molecule has 0 unspecified atom stereocenters. The van der Waals surface area contributed by atoms with E-state index in [2.05, 4.69) is 109 Å². The minimum absolute atomic E-state index is 0.167. The van der Waals surface area contributed by atoms with E-state index in [4.69, 9.17) is 0 Å². The van der Waals surface area contributed by atoms with E-state index in [9.17, 15) is 0 Å². The van der Waals surface area contributed by atoms with Crippen LogP contribution in [0, 0.1) is 0 Å². The molecule has 0 N–H and O–H groups in total. The highest BCUT2D eigenvalue weighted by Crippen LogP contribution is 2.31. The van der Waals surface area contributed by atoms with Gasteiger partial charge in [0.2, 0.25) is 0 Å². The van der Waals surface area contributed by atoms with Crippen molar-refractivity contribution in [1.82, 2.24) is 0 Å². The monoisotopic (exact) mass is 388 g/mol. The predicted molar refractivity (Wildman–Crippen MR) is 113 cm³/mol. The van der Waals surface area contributed by atoms with Crippen LogP contribution in [0.25, 0.3) is 32.7 Å². The molecule has 124 valence electrons. The Balaban J connectivity index is 1.84. The summed E-state index contributed by atoms with van der Waals surface area (Å²) < 4.78 is 1.12. The molecule has 0 saturated heterocycles. The average Bonchev–Trinajstić information content (AvgIpc) is 2.59. The summed E-state index contributed by atoms with van der Waals surface area (Å²) in [4.78, 5) is 0. The minimum Gasteiger partial charge on any atom is -0.0579 e. The van der Waals surface area contributed by atoms with Gasteiger partial charge in [-0.15, -0.1) is 0 Å². The van der Waals surface area contributed by atoms with Crippen molar-refractivity contribution >= 4 is 37.5 Å². The highest BCUT2D eigenvalue weighted by molar-refractivity contribution is 9.10. The third-order valence-electron chi connectivity index (χ3n) is 4.84. The molecule has 0 aliphatic carbocycles. The van der Waals surface area contributed by atoms with Crippen molar-refractivity contribution in [2.45, 2.75) is 26.2 Å². The van der Waals surface area contributed by atoms with E-state index in [0.29, 0.717) is 0 Å². The van der Waals surface area contributed by atoms with Gasteiger partial charge in [0.15, 0.2) is 0 Å². The topological polar surface area (TPSA) is 0 Å². The van der Waals surface area contributed by atoms with Crippen LogP contribution in [0.5, 0.6) is 0 Å².